The van der Waals surface area contributed by atoms with Crippen molar-refractivity contribution in [1.29, 1.82) is 0 Å². The van der Waals surface area contributed by atoms with E-state index in [1.165, 1.54) is 4.88 Å². The Bertz CT molecular complexity index is 539. The monoisotopic (exact) mass is 275 g/mol. The number of benzene rings is 1. The number of aromatic nitrogens is 1. The number of nitrogens with one attached hydrogen (secondary N) is 2. The molecule has 0 aliphatic heterocycles. The smallest absolute Gasteiger partial charge is 0.224 e. The minimum atomic E-state index is 0.0136. The van der Waals surface area contributed by atoms with Crippen LogP contribution in [0.1, 0.15) is 23.4 Å². The minimum Gasteiger partial charge on any atom is -0.377 e. The number of para-hydroxylation sites is 1. The van der Waals surface area contributed by atoms with Crippen LogP contribution in [0.5, 0.6) is 0 Å². The van der Waals surface area contributed by atoms with E-state index in [1.54, 1.807) is 18.4 Å². The topological polar surface area (TPSA) is 54.0 Å². The Balaban J connectivity index is 2.13. The Morgan fingerprint density at radius 1 is 1.42 bits per heavy atom. The molecule has 0 aliphatic rings. The van der Waals surface area contributed by atoms with Gasteiger partial charge in [-0.2, -0.15) is 0 Å². The Morgan fingerprint density at radius 3 is 2.89 bits per heavy atom. The predicted octanol–water partition coefficient (Wildman–Crippen LogP) is 2.60. The van der Waals surface area contributed by atoms with Crippen molar-refractivity contribution in [3.63, 3.8) is 0 Å². The van der Waals surface area contributed by atoms with Gasteiger partial charge in [0.2, 0.25) is 5.91 Å². The summed E-state index contributed by atoms with van der Waals surface area (Å²) in [7, 11) is 1.65. The van der Waals surface area contributed by atoms with E-state index in [0.717, 1.165) is 11.3 Å². The van der Waals surface area contributed by atoms with Gasteiger partial charge < -0.3 is 10.6 Å². The first-order valence-electron chi connectivity index (χ1n) is 6.14. The molecule has 2 rings (SSSR count). The third-order valence-corrected chi connectivity index (χ3v) is 3.86. The molecule has 5 heteroatoms. The lowest BCUT2D eigenvalue weighted by Crippen LogP contribution is -2.20. The van der Waals surface area contributed by atoms with Crippen LogP contribution in [0.4, 0.5) is 5.69 Å². The van der Waals surface area contributed by atoms with Gasteiger partial charge in [0, 0.05) is 23.8 Å². The highest BCUT2D eigenvalue weighted by atomic mass is 32.1. The second kappa shape index (κ2) is 6.33. The number of likely N-dealkylation sites (N-methyl/N-ethyl adjacent to an activating group) is 1. The van der Waals surface area contributed by atoms with Gasteiger partial charge in [0.1, 0.15) is 0 Å². The Kier molecular flexibility index (Phi) is 4.52. The van der Waals surface area contributed by atoms with Crippen molar-refractivity contribution in [2.45, 2.75) is 19.4 Å². The molecule has 0 saturated carbocycles. The number of hydrogen-bond donors (Lipinski definition) is 2. The lowest BCUT2D eigenvalue weighted by atomic mass is 10.1. The highest BCUT2D eigenvalue weighted by Crippen LogP contribution is 2.24. The zero-order chi connectivity index (χ0) is 13.7. The second-order valence-electron chi connectivity index (χ2n) is 4.28. The van der Waals surface area contributed by atoms with Gasteiger partial charge in [-0.25, -0.2) is 0 Å². The number of hydrogen-bond acceptors (Lipinski definition) is 4. The lowest BCUT2D eigenvalue weighted by Gasteiger charge is -2.16. The molecular formula is C14H17N3OS. The Labute approximate surface area is 116 Å². The fourth-order valence-electron chi connectivity index (χ4n) is 1.82. The molecule has 1 atom stereocenters. The first-order chi connectivity index (χ1) is 9.20. The van der Waals surface area contributed by atoms with Crippen LogP contribution in [-0.4, -0.2) is 17.9 Å². The highest BCUT2D eigenvalue weighted by Gasteiger charge is 2.11. The van der Waals surface area contributed by atoms with Crippen LogP contribution in [0.15, 0.2) is 36.0 Å². The van der Waals surface area contributed by atoms with Gasteiger partial charge in [0.05, 0.1) is 18.0 Å². The highest BCUT2D eigenvalue weighted by molar-refractivity contribution is 7.09. The first-order valence-corrected chi connectivity index (χ1v) is 7.02. The summed E-state index contributed by atoms with van der Waals surface area (Å²) in [6.07, 6.45) is 2.25. The average Bonchev–Trinajstić information content (AvgIpc) is 2.95. The molecule has 100 valence electrons. The molecule has 0 fully saturated rings. The van der Waals surface area contributed by atoms with Crippen LogP contribution < -0.4 is 10.6 Å². The summed E-state index contributed by atoms with van der Waals surface area (Å²) >= 11 is 1.62. The van der Waals surface area contributed by atoms with Gasteiger partial charge in [-0.1, -0.05) is 18.2 Å². The van der Waals surface area contributed by atoms with E-state index in [1.807, 2.05) is 36.0 Å². The van der Waals surface area contributed by atoms with Crippen LogP contribution in [0, 0.1) is 0 Å². The Hall–Kier alpha value is -1.88. The fraction of sp³-hybridized carbons (Fsp3) is 0.286. The van der Waals surface area contributed by atoms with E-state index >= 15 is 0 Å². The number of amides is 1. The Morgan fingerprint density at radius 2 is 2.21 bits per heavy atom. The van der Waals surface area contributed by atoms with Gasteiger partial charge in [0.25, 0.3) is 0 Å². The van der Waals surface area contributed by atoms with Crippen molar-refractivity contribution in [2.24, 2.45) is 0 Å². The second-order valence-corrected chi connectivity index (χ2v) is 5.19. The molecule has 0 radical (unpaired) electrons. The van der Waals surface area contributed by atoms with E-state index in [-0.39, 0.29) is 11.9 Å². The van der Waals surface area contributed by atoms with Crippen LogP contribution in [0.3, 0.4) is 0 Å². The van der Waals surface area contributed by atoms with E-state index in [0.29, 0.717) is 6.42 Å². The summed E-state index contributed by atoms with van der Waals surface area (Å²) in [5.41, 5.74) is 3.81. The van der Waals surface area contributed by atoms with E-state index < -0.39 is 0 Å². The SMILES string of the molecule is CNC(=O)Cc1ccccc1NC(C)c1cncs1. The van der Waals surface area contributed by atoms with Crippen LogP contribution in [-0.2, 0) is 11.2 Å². The molecule has 0 aliphatic carbocycles. The number of thiazole rings is 1. The summed E-state index contributed by atoms with van der Waals surface area (Å²) in [5.74, 6) is 0.0136. The number of carbonyl (C=O) groups excluding carboxylic acids is 1. The number of carbonyl (C=O) groups is 1. The normalized spacial score (nSPS) is 11.9. The van der Waals surface area contributed by atoms with Crippen molar-refractivity contribution < 1.29 is 4.79 Å². The third-order valence-electron chi connectivity index (χ3n) is 2.90. The lowest BCUT2D eigenvalue weighted by molar-refractivity contribution is -0.119. The largest absolute Gasteiger partial charge is 0.377 e. The summed E-state index contributed by atoms with van der Waals surface area (Å²) < 4.78 is 0. The standard InChI is InChI=1S/C14H17N3OS/c1-10(13-8-16-9-19-13)17-12-6-4-3-5-11(12)7-14(18)15-2/h3-6,8-10,17H,7H2,1-2H3,(H,15,18). The van der Waals surface area contributed by atoms with Crippen molar-refractivity contribution in [3.05, 3.63) is 46.4 Å². The third kappa shape index (κ3) is 3.54. The van der Waals surface area contributed by atoms with Crippen molar-refractivity contribution in [2.75, 3.05) is 12.4 Å². The molecule has 1 aromatic carbocycles. The molecule has 4 nitrogen and oxygen atoms in total. The first kappa shape index (κ1) is 13.5. The van der Waals surface area contributed by atoms with E-state index in [4.69, 9.17) is 0 Å². The van der Waals surface area contributed by atoms with Gasteiger partial charge in [0.15, 0.2) is 0 Å². The van der Waals surface area contributed by atoms with Gasteiger partial charge >= 0.3 is 0 Å². The summed E-state index contributed by atoms with van der Waals surface area (Å²) in [6.45, 7) is 2.09. The molecular weight excluding hydrogens is 258 g/mol. The quantitative estimate of drug-likeness (QED) is 0.882. The summed E-state index contributed by atoms with van der Waals surface area (Å²) in [6, 6.07) is 8.06. The zero-order valence-electron chi connectivity index (χ0n) is 11.0. The minimum absolute atomic E-state index is 0.0136. The van der Waals surface area contributed by atoms with Crippen molar-refractivity contribution in [1.82, 2.24) is 10.3 Å². The van der Waals surface area contributed by atoms with Gasteiger partial charge in [-0.15, -0.1) is 11.3 Å². The average molecular weight is 275 g/mol. The molecule has 0 saturated heterocycles. The number of rotatable bonds is 5. The van der Waals surface area contributed by atoms with Crippen molar-refractivity contribution >= 4 is 22.9 Å². The maximum Gasteiger partial charge on any atom is 0.224 e. The predicted molar refractivity (Wildman–Crippen MR) is 78.4 cm³/mol. The molecule has 2 N–H and O–H groups in total. The molecule has 0 spiro atoms. The fourth-order valence-corrected chi connectivity index (χ4v) is 2.45. The van der Waals surface area contributed by atoms with Gasteiger partial charge in [-0.3, -0.25) is 9.78 Å². The molecule has 1 aromatic heterocycles. The van der Waals surface area contributed by atoms with Gasteiger partial charge in [-0.05, 0) is 18.6 Å². The van der Waals surface area contributed by atoms with E-state index in [9.17, 15) is 4.79 Å². The summed E-state index contributed by atoms with van der Waals surface area (Å²) in [4.78, 5) is 16.8. The molecule has 0 bridgehead atoms. The van der Waals surface area contributed by atoms with Crippen LogP contribution >= 0.6 is 11.3 Å². The number of anilines is 1. The molecule has 19 heavy (non-hydrogen) atoms. The zero-order valence-corrected chi connectivity index (χ0v) is 11.8. The van der Waals surface area contributed by atoms with Crippen molar-refractivity contribution in [3.8, 4) is 0 Å². The van der Waals surface area contributed by atoms with E-state index in [2.05, 4.69) is 22.5 Å². The molecule has 1 heterocycles. The number of nitrogens with zero attached hydrogens (tertiary/aromatic N) is 1. The molecule has 2 aromatic rings. The summed E-state index contributed by atoms with van der Waals surface area (Å²) in [5, 5.41) is 6.08. The maximum atomic E-state index is 11.5. The van der Waals surface area contributed by atoms with Crippen LogP contribution in [0.25, 0.3) is 0 Å². The molecule has 1 amide bonds. The van der Waals surface area contributed by atoms with Crippen LogP contribution in [0.2, 0.25) is 0 Å². The maximum absolute atomic E-state index is 11.5. The molecule has 1 unspecified atom stereocenters.